The van der Waals surface area contributed by atoms with E-state index >= 15 is 0 Å². The maximum absolute atomic E-state index is 11.8. The van der Waals surface area contributed by atoms with Crippen LogP contribution >= 0.6 is 15.9 Å². The Labute approximate surface area is 136 Å². The summed E-state index contributed by atoms with van der Waals surface area (Å²) >= 11 is 3.30. The summed E-state index contributed by atoms with van der Waals surface area (Å²) < 4.78 is 6.12. The Hall–Kier alpha value is -2.34. The van der Waals surface area contributed by atoms with Gasteiger partial charge in [0.1, 0.15) is 5.75 Å². The lowest BCUT2D eigenvalue weighted by Gasteiger charge is -2.08. The summed E-state index contributed by atoms with van der Waals surface area (Å²) in [7, 11) is 0. The first-order chi connectivity index (χ1) is 10.6. The summed E-state index contributed by atoms with van der Waals surface area (Å²) in [5.41, 5.74) is 1.07. The molecular weight excluding hydrogens is 348 g/mol. The number of benzene rings is 2. The van der Waals surface area contributed by atoms with E-state index in [1.165, 1.54) is 0 Å². The van der Waals surface area contributed by atoms with Crippen molar-refractivity contribution in [1.82, 2.24) is 0 Å². The summed E-state index contributed by atoms with van der Waals surface area (Å²) in [5, 5.41) is 5.06. The van der Waals surface area contributed by atoms with Gasteiger partial charge in [0.2, 0.25) is 0 Å². The van der Waals surface area contributed by atoms with Crippen molar-refractivity contribution >= 4 is 39.1 Å². The maximum atomic E-state index is 11.8. The molecule has 0 unspecified atom stereocenters. The summed E-state index contributed by atoms with van der Waals surface area (Å²) in [6.07, 6.45) is 0. The zero-order chi connectivity index (χ0) is 15.9. The van der Waals surface area contributed by atoms with Crippen molar-refractivity contribution < 1.29 is 14.3 Å². The van der Waals surface area contributed by atoms with Crippen molar-refractivity contribution in [1.29, 1.82) is 0 Å². The van der Waals surface area contributed by atoms with Gasteiger partial charge in [-0.2, -0.15) is 0 Å². The smallest absolute Gasteiger partial charge is 0.314 e. The Morgan fingerprint density at radius 3 is 2.23 bits per heavy atom. The molecule has 2 aromatic rings. The predicted octanol–water partition coefficient (Wildman–Crippen LogP) is 3.43. The standard InChI is InChI=1S/C16H15BrN2O3/c1-2-22-14-8-6-12(7-9-14)18-15(20)16(21)19-13-5-3-4-11(17)10-13/h3-10H,2H2,1H3,(H,18,20)(H,19,21). The van der Waals surface area contributed by atoms with Gasteiger partial charge in [-0.3, -0.25) is 9.59 Å². The molecule has 2 aromatic carbocycles. The molecule has 0 saturated heterocycles. The van der Waals surface area contributed by atoms with E-state index in [0.29, 0.717) is 23.7 Å². The van der Waals surface area contributed by atoms with Gasteiger partial charge in [-0.15, -0.1) is 0 Å². The molecule has 0 heterocycles. The topological polar surface area (TPSA) is 67.4 Å². The minimum Gasteiger partial charge on any atom is -0.494 e. The molecule has 0 aliphatic heterocycles. The number of ether oxygens (including phenoxy) is 1. The molecule has 6 heteroatoms. The molecule has 0 bridgehead atoms. The molecule has 0 atom stereocenters. The van der Waals surface area contributed by atoms with Crippen LogP contribution in [0.15, 0.2) is 53.0 Å². The maximum Gasteiger partial charge on any atom is 0.314 e. The second kappa shape index (κ2) is 7.61. The number of nitrogens with one attached hydrogen (secondary N) is 2. The molecule has 0 aromatic heterocycles. The Morgan fingerprint density at radius 2 is 1.64 bits per heavy atom. The number of halogens is 1. The first kappa shape index (κ1) is 16.0. The van der Waals surface area contributed by atoms with Crippen LogP contribution in [-0.4, -0.2) is 18.4 Å². The van der Waals surface area contributed by atoms with Crippen molar-refractivity contribution in [3.8, 4) is 5.75 Å². The van der Waals surface area contributed by atoms with Crippen LogP contribution in [0.4, 0.5) is 11.4 Å². The molecule has 0 radical (unpaired) electrons. The summed E-state index contributed by atoms with van der Waals surface area (Å²) in [4.78, 5) is 23.7. The summed E-state index contributed by atoms with van der Waals surface area (Å²) in [6.45, 7) is 2.46. The van der Waals surface area contributed by atoms with E-state index < -0.39 is 11.8 Å². The Kier molecular flexibility index (Phi) is 5.55. The fraction of sp³-hybridized carbons (Fsp3) is 0.125. The Bertz CT molecular complexity index is 671. The number of amides is 2. The monoisotopic (exact) mass is 362 g/mol. The van der Waals surface area contributed by atoms with Crippen LogP contribution in [0.3, 0.4) is 0 Å². The lowest BCUT2D eigenvalue weighted by molar-refractivity contribution is -0.132. The van der Waals surface area contributed by atoms with Gasteiger partial charge in [0.05, 0.1) is 6.61 Å². The van der Waals surface area contributed by atoms with Crippen molar-refractivity contribution in [3.63, 3.8) is 0 Å². The minimum absolute atomic E-state index is 0.526. The van der Waals surface area contributed by atoms with Gasteiger partial charge in [-0.05, 0) is 49.4 Å². The van der Waals surface area contributed by atoms with E-state index in [-0.39, 0.29) is 0 Å². The van der Waals surface area contributed by atoms with Crippen LogP contribution in [0.2, 0.25) is 0 Å². The second-order valence-corrected chi connectivity index (χ2v) is 5.29. The van der Waals surface area contributed by atoms with Crippen LogP contribution in [0, 0.1) is 0 Å². The van der Waals surface area contributed by atoms with Crippen molar-refractivity contribution in [2.24, 2.45) is 0 Å². The molecule has 2 amide bonds. The van der Waals surface area contributed by atoms with Gasteiger partial charge < -0.3 is 15.4 Å². The average molecular weight is 363 g/mol. The number of carbonyl (C=O) groups excluding carboxylic acids is 2. The molecule has 2 rings (SSSR count). The van der Waals surface area contributed by atoms with Gasteiger partial charge in [-0.25, -0.2) is 0 Å². The fourth-order valence-corrected chi connectivity index (χ4v) is 2.14. The highest BCUT2D eigenvalue weighted by Crippen LogP contribution is 2.17. The molecule has 114 valence electrons. The van der Waals surface area contributed by atoms with E-state index in [0.717, 1.165) is 4.47 Å². The Morgan fingerprint density at radius 1 is 1.00 bits per heavy atom. The van der Waals surface area contributed by atoms with Gasteiger partial charge in [0.15, 0.2) is 0 Å². The number of hydrogen-bond acceptors (Lipinski definition) is 3. The zero-order valence-electron chi connectivity index (χ0n) is 11.9. The van der Waals surface area contributed by atoms with Gasteiger partial charge in [0.25, 0.3) is 0 Å². The van der Waals surface area contributed by atoms with Crippen molar-refractivity contribution in [2.75, 3.05) is 17.2 Å². The zero-order valence-corrected chi connectivity index (χ0v) is 13.5. The highest BCUT2D eigenvalue weighted by Gasteiger charge is 2.14. The highest BCUT2D eigenvalue weighted by atomic mass is 79.9. The van der Waals surface area contributed by atoms with Gasteiger partial charge >= 0.3 is 11.8 Å². The number of anilines is 2. The molecule has 0 spiro atoms. The normalized spacial score (nSPS) is 9.91. The van der Waals surface area contributed by atoms with Crippen LogP contribution in [-0.2, 0) is 9.59 Å². The van der Waals surface area contributed by atoms with Crippen LogP contribution in [0.1, 0.15) is 6.92 Å². The Balaban J connectivity index is 1.95. The van der Waals surface area contributed by atoms with Crippen LogP contribution in [0.25, 0.3) is 0 Å². The molecule has 2 N–H and O–H groups in total. The van der Waals surface area contributed by atoms with E-state index in [1.807, 2.05) is 13.0 Å². The third-order valence-corrected chi connectivity index (χ3v) is 3.21. The second-order valence-electron chi connectivity index (χ2n) is 4.38. The predicted molar refractivity (Wildman–Crippen MR) is 89.0 cm³/mol. The van der Waals surface area contributed by atoms with Crippen LogP contribution < -0.4 is 15.4 Å². The lowest BCUT2D eigenvalue weighted by Crippen LogP contribution is -2.29. The molecule has 22 heavy (non-hydrogen) atoms. The van der Waals surface area contributed by atoms with Gasteiger partial charge in [0, 0.05) is 15.8 Å². The summed E-state index contributed by atoms with van der Waals surface area (Å²) in [5.74, 6) is -0.754. The van der Waals surface area contributed by atoms with Gasteiger partial charge in [-0.1, -0.05) is 22.0 Å². The van der Waals surface area contributed by atoms with Crippen LogP contribution in [0.5, 0.6) is 5.75 Å². The highest BCUT2D eigenvalue weighted by molar-refractivity contribution is 9.10. The van der Waals surface area contributed by atoms with E-state index in [2.05, 4.69) is 26.6 Å². The molecular formula is C16H15BrN2O3. The average Bonchev–Trinajstić information content (AvgIpc) is 2.49. The largest absolute Gasteiger partial charge is 0.494 e. The number of hydrogen-bond donors (Lipinski definition) is 2. The third kappa shape index (κ3) is 4.60. The molecule has 0 fully saturated rings. The number of carbonyl (C=O) groups is 2. The molecule has 0 saturated carbocycles. The van der Waals surface area contributed by atoms with Crippen molar-refractivity contribution in [2.45, 2.75) is 6.92 Å². The van der Waals surface area contributed by atoms with E-state index in [9.17, 15) is 9.59 Å². The van der Waals surface area contributed by atoms with E-state index in [4.69, 9.17) is 4.74 Å². The summed E-state index contributed by atoms with van der Waals surface area (Å²) in [6, 6.07) is 13.8. The fourth-order valence-electron chi connectivity index (χ4n) is 1.74. The van der Waals surface area contributed by atoms with E-state index in [1.54, 1.807) is 42.5 Å². The molecule has 0 aliphatic carbocycles. The molecule has 0 aliphatic rings. The molecule has 5 nitrogen and oxygen atoms in total. The minimum atomic E-state index is -0.732. The lowest BCUT2D eigenvalue weighted by atomic mass is 10.3. The quantitative estimate of drug-likeness (QED) is 0.818. The number of rotatable bonds is 4. The van der Waals surface area contributed by atoms with Crippen molar-refractivity contribution in [3.05, 3.63) is 53.0 Å². The SMILES string of the molecule is CCOc1ccc(NC(=O)C(=O)Nc2cccc(Br)c2)cc1. The first-order valence-corrected chi connectivity index (χ1v) is 7.48. The third-order valence-electron chi connectivity index (χ3n) is 2.71. The first-order valence-electron chi connectivity index (χ1n) is 6.69.